The first-order valence-electron chi connectivity index (χ1n) is 8.77. The average molecular weight is 443 g/mol. The predicted octanol–water partition coefficient (Wildman–Crippen LogP) is 5.85. The normalized spacial score (nSPS) is 11.2. The number of ketones is 1. The Morgan fingerprint density at radius 1 is 1.04 bits per heavy atom. The van der Waals surface area contributed by atoms with Crippen LogP contribution in [-0.2, 0) is 15.0 Å². The van der Waals surface area contributed by atoms with Crippen molar-refractivity contribution in [1.29, 1.82) is 0 Å². The van der Waals surface area contributed by atoms with E-state index in [1.807, 2.05) is 38.1 Å². The monoisotopic (exact) mass is 441 g/mol. The fourth-order valence-electron chi connectivity index (χ4n) is 2.64. The molecule has 0 unspecified atom stereocenters. The highest BCUT2D eigenvalue weighted by atomic mass is 35.5. The molecule has 0 fully saturated rings. The number of ether oxygens (including phenoxy) is 1. The van der Waals surface area contributed by atoms with Crippen molar-refractivity contribution in [2.45, 2.75) is 32.6 Å². The van der Waals surface area contributed by atoms with Crippen molar-refractivity contribution in [2.75, 3.05) is 17.8 Å². The summed E-state index contributed by atoms with van der Waals surface area (Å²) in [7, 11) is 0. The number of hydrogen-bond donors (Lipinski definition) is 1. The number of hydrogen-bond acceptors (Lipinski definition) is 3. The second-order valence-electron chi connectivity index (χ2n) is 6.87. The summed E-state index contributed by atoms with van der Waals surface area (Å²) in [5.74, 6) is -0.226. The molecule has 7 heteroatoms. The molecule has 0 aliphatic heterocycles. The molecular formula is C21H22Cl3NO3. The van der Waals surface area contributed by atoms with Crippen molar-refractivity contribution < 1.29 is 14.3 Å². The Balaban J connectivity index is 2.26. The van der Waals surface area contributed by atoms with Crippen LogP contribution in [0.15, 0.2) is 36.4 Å². The Bertz CT molecular complexity index is 841. The molecule has 2 rings (SSSR count). The molecule has 0 spiro atoms. The molecule has 0 bridgehead atoms. The van der Waals surface area contributed by atoms with Gasteiger partial charge in [-0.3, -0.25) is 9.59 Å². The van der Waals surface area contributed by atoms with Gasteiger partial charge < -0.3 is 10.1 Å². The molecule has 4 nitrogen and oxygen atoms in total. The number of anilines is 1. The molecule has 1 amide bonds. The van der Waals surface area contributed by atoms with E-state index in [1.165, 1.54) is 6.92 Å². The average Bonchev–Trinajstić information content (AvgIpc) is 2.64. The lowest BCUT2D eigenvalue weighted by Gasteiger charge is -2.27. The molecule has 0 saturated carbocycles. The Kier molecular flexibility index (Phi) is 7.76. The molecule has 150 valence electrons. The van der Waals surface area contributed by atoms with Gasteiger partial charge in [0.2, 0.25) is 5.78 Å². The van der Waals surface area contributed by atoms with Crippen LogP contribution in [0.25, 0.3) is 0 Å². The smallest absolute Gasteiger partial charge is 0.291 e. The molecule has 0 aliphatic carbocycles. The number of amides is 1. The summed E-state index contributed by atoms with van der Waals surface area (Å²) in [6.45, 7) is 5.76. The summed E-state index contributed by atoms with van der Waals surface area (Å²) in [4.78, 5) is 22.6. The van der Waals surface area contributed by atoms with Crippen LogP contribution in [0.4, 0.5) is 5.69 Å². The second-order valence-corrected chi connectivity index (χ2v) is 8.07. The molecule has 0 aromatic heterocycles. The molecule has 1 N–H and O–H groups in total. The van der Waals surface area contributed by atoms with Crippen LogP contribution in [0.2, 0.25) is 10.0 Å². The summed E-state index contributed by atoms with van der Waals surface area (Å²) >= 11 is 18.5. The Hall–Kier alpha value is -1.75. The van der Waals surface area contributed by atoms with E-state index in [0.29, 0.717) is 40.4 Å². The Morgan fingerprint density at radius 2 is 1.61 bits per heavy atom. The zero-order valence-electron chi connectivity index (χ0n) is 15.9. The van der Waals surface area contributed by atoms with Crippen LogP contribution >= 0.6 is 34.8 Å². The third-order valence-corrected chi connectivity index (χ3v) is 5.26. The first kappa shape index (κ1) is 22.5. The molecule has 2 aromatic rings. The van der Waals surface area contributed by atoms with Gasteiger partial charge >= 0.3 is 0 Å². The van der Waals surface area contributed by atoms with Gasteiger partial charge in [0.25, 0.3) is 5.91 Å². The molecule has 0 radical (unpaired) electrons. The van der Waals surface area contributed by atoms with Gasteiger partial charge in [0.15, 0.2) is 5.75 Å². The molecule has 2 aromatic carbocycles. The first-order chi connectivity index (χ1) is 13.2. The molecule has 0 aliphatic rings. The molecular weight excluding hydrogens is 421 g/mol. The number of alkyl halides is 1. The summed E-state index contributed by atoms with van der Waals surface area (Å²) in [6.07, 6.45) is 0.702. The van der Waals surface area contributed by atoms with Crippen molar-refractivity contribution in [3.8, 4) is 5.75 Å². The quantitative estimate of drug-likeness (QED) is 0.317. The highest BCUT2D eigenvalue weighted by molar-refractivity contribution is 6.39. The van der Waals surface area contributed by atoms with Crippen LogP contribution in [0.1, 0.15) is 38.3 Å². The largest absolute Gasteiger partial charge is 0.490 e. The van der Waals surface area contributed by atoms with Gasteiger partial charge in [0, 0.05) is 23.9 Å². The van der Waals surface area contributed by atoms with E-state index >= 15 is 0 Å². The van der Waals surface area contributed by atoms with E-state index < -0.39 is 17.1 Å². The number of nitrogens with one attached hydrogen (secondary N) is 1. The van der Waals surface area contributed by atoms with Gasteiger partial charge in [-0.05, 0) is 41.8 Å². The van der Waals surface area contributed by atoms with Crippen molar-refractivity contribution in [2.24, 2.45) is 0 Å². The van der Waals surface area contributed by atoms with Gasteiger partial charge in [-0.2, -0.15) is 0 Å². The lowest BCUT2D eigenvalue weighted by molar-refractivity contribution is -0.133. The molecule has 28 heavy (non-hydrogen) atoms. The zero-order valence-corrected chi connectivity index (χ0v) is 18.2. The standard InChI is InChI=1S/C21H22Cl3NO3/c1-13(26)20(27)25-16-7-5-14(6-8-16)21(2,3)15-11-17(23)19(18(24)12-15)28-10-4-9-22/h5-8,11-12H,4,9-10H2,1-3H3,(H,25,27). The Labute approximate surface area is 180 Å². The molecule has 0 atom stereocenters. The van der Waals surface area contributed by atoms with E-state index in [1.54, 1.807) is 12.1 Å². The van der Waals surface area contributed by atoms with Crippen LogP contribution in [-0.4, -0.2) is 24.2 Å². The van der Waals surface area contributed by atoms with E-state index in [4.69, 9.17) is 39.5 Å². The summed E-state index contributed by atoms with van der Waals surface area (Å²) in [6, 6.07) is 11.0. The molecule has 0 heterocycles. The lowest BCUT2D eigenvalue weighted by Crippen LogP contribution is -2.21. The fourth-order valence-corrected chi connectivity index (χ4v) is 3.35. The maximum Gasteiger partial charge on any atom is 0.291 e. The predicted molar refractivity (Wildman–Crippen MR) is 115 cm³/mol. The SMILES string of the molecule is CC(=O)C(=O)Nc1ccc(C(C)(C)c2cc(Cl)c(OCCCCl)c(Cl)c2)cc1. The van der Waals surface area contributed by atoms with Crippen molar-refractivity contribution >= 4 is 52.2 Å². The van der Waals surface area contributed by atoms with Crippen LogP contribution < -0.4 is 10.1 Å². The number of carbonyl (C=O) groups is 2. The van der Waals surface area contributed by atoms with Crippen LogP contribution in [0, 0.1) is 0 Å². The number of rotatable bonds is 8. The highest BCUT2D eigenvalue weighted by Gasteiger charge is 2.25. The maximum absolute atomic E-state index is 11.5. The van der Waals surface area contributed by atoms with E-state index in [2.05, 4.69) is 5.32 Å². The van der Waals surface area contributed by atoms with Gasteiger partial charge in [-0.1, -0.05) is 49.2 Å². The minimum absolute atomic E-state index is 0.398. The van der Waals surface area contributed by atoms with Gasteiger partial charge in [0.05, 0.1) is 16.7 Å². The van der Waals surface area contributed by atoms with Crippen molar-refractivity contribution in [3.63, 3.8) is 0 Å². The third-order valence-electron chi connectivity index (χ3n) is 4.43. The Morgan fingerprint density at radius 3 is 2.11 bits per heavy atom. The second kappa shape index (κ2) is 9.64. The molecule has 0 saturated heterocycles. The van der Waals surface area contributed by atoms with E-state index in [9.17, 15) is 9.59 Å². The fraction of sp³-hybridized carbons (Fsp3) is 0.333. The van der Waals surface area contributed by atoms with Gasteiger partial charge in [-0.15, -0.1) is 11.6 Å². The number of carbonyl (C=O) groups excluding carboxylic acids is 2. The van der Waals surface area contributed by atoms with Crippen molar-refractivity contribution in [3.05, 3.63) is 57.6 Å². The highest BCUT2D eigenvalue weighted by Crippen LogP contribution is 2.40. The summed E-state index contributed by atoms with van der Waals surface area (Å²) in [5.41, 5.74) is 2.08. The minimum atomic E-state index is -0.643. The summed E-state index contributed by atoms with van der Waals surface area (Å²) < 4.78 is 5.64. The van der Waals surface area contributed by atoms with Gasteiger partial charge in [-0.25, -0.2) is 0 Å². The topological polar surface area (TPSA) is 55.4 Å². The maximum atomic E-state index is 11.5. The minimum Gasteiger partial charge on any atom is -0.490 e. The number of Topliss-reactive ketones (excluding diaryl/α,β-unsaturated/α-hetero) is 1. The number of benzene rings is 2. The number of halogens is 3. The summed E-state index contributed by atoms with van der Waals surface area (Å²) in [5, 5.41) is 3.43. The zero-order chi connectivity index (χ0) is 20.9. The van der Waals surface area contributed by atoms with Crippen LogP contribution in [0.3, 0.4) is 0 Å². The van der Waals surface area contributed by atoms with E-state index in [0.717, 1.165) is 11.1 Å². The first-order valence-corrected chi connectivity index (χ1v) is 10.1. The lowest BCUT2D eigenvalue weighted by atomic mass is 9.78. The van der Waals surface area contributed by atoms with Crippen molar-refractivity contribution in [1.82, 2.24) is 0 Å². The van der Waals surface area contributed by atoms with Gasteiger partial charge in [0.1, 0.15) is 0 Å². The third kappa shape index (κ3) is 5.40. The van der Waals surface area contributed by atoms with E-state index in [-0.39, 0.29) is 0 Å². The van der Waals surface area contributed by atoms with Crippen LogP contribution in [0.5, 0.6) is 5.75 Å².